The number of rotatable bonds is 3. The SMILES string of the molecule is Cc1nnc(NCc2cccs2)n1C. The zero-order valence-electron chi connectivity index (χ0n) is 8.19. The standard InChI is InChI=1S/C9H12N4S/c1-7-11-12-9(13(7)2)10-6-8-4-3-5-14-8/h3-5H,6H2,1-2H3,(H,10,12). The summed E-state index contributed by atoms with van der Waals surface area (Å²) in [5.41, 5.74) is 0. The number of thiophene rings is 1. The maximum atomic E-state index is 4.02. The van der Waals surface area contributed by atoms with Gasteiger partial charge in [-0.15, -0.1) is 21.5 Å². The third-order valence-electron chi connectivity index (χ3n) is 2.09. The van der Waals surface area contributed by atoms with Gasteiger partial charge in [0.15, 0.2) is 0 Å². The second kappa shape index (κ2) is 3.79. The van der Waals surface area contributed by atoms with Gasteiger partial charge >= 0.3 is 0 Å². The van der Waals surface area contributed by atoms with E-state index in [9.17, 15) is 0 Å². The Morgan fingerprint density at radius 2 is 2.36 bits per heavy atom. The van der Waals surface area contributed by atoms with Crippen molar-refractivity contribution in [2.75, 3.05) is 5.32 Å². The first-order chi connectivity index (χ1) is 6.77. The minimum Gasteiger partial charge on any atom is -0.349 e. The lowest BCUT2D eigenvalue weighted by Gasteiger charge is -2.03. The Balaban J connectivity index is 2.02. The first kappa shape index (κ1) is 9.21. The Morgan fingerprint density at radius 1 is 1.50 bits per heavy atom. The lowest BCUT2D eigenvalue weighted by atomic mass is 10.5. The van der Waals surface area contributed by atoms with Gasteiger partial charge in [-0.1, -0.05) is 6.07 Å². The normalized spacial score (nSPS) is 10.4. The van der Waals surface area contributed by atoms with Gasteiger partial charge in [-0.3, -0.25) is 0 Å². The highest BCUT2D eigenvalue weighted by atomic mass is 32.1. The molecule has 0 aliphatic carbocycles. The molecule has 4 nitrogen and oxygen atoms in total. The third-order valence-corrected chi connectivity index (χ3v) is 2.97. The second-order valence-corrected chi connectivity index (χ2v) is 4.09. The van der Waals surface area contributed by atoms with Gasteiger partial charge < -0.3 is 9.88 Å². The van der Waals surface area contributed by atoms with Crippen LogP contribution in [-0.4, -0.2) is 14.8 Å². The molecule has 2 heterocycles. The number of nitrogens with one attached hydrogen (secondary N) is 1. The highest BCUT2D eigenvalue weighted by Gasteiger charge is 2.03. The van der Waals surface area contributed by atoms with Crippen molar-refractivity contribution >= 4 is 17.3 Å². The highest BCUT2D eigenvalue weighted by Crippen LogP contribution is 2.11. The topological polar surface area (TPSA) is 42.7 Å². The van der Waals surface area contributed by atoms with Crippen LogP contribution >= 0.6 is 11.3 Å². The summed E-state index contributed by atoms with van der Waals surface area (Å²) in [7, 11) is 1.95. The number of aromatic nitrogens is 3. The molecule has 14 heavy (non-hydrogen) atoms. The molecular formula is C9H12N4S. The minimum atomic E-state index is 0.809. The van der Waals surface area contributed by atoms with Crippen LogP contribution in [0.1, 0.15) is 10.7 Å². The summed E-state index contributed by atoms with van der Waals surface area (Å²) in [6, 6.07) is 4.14. The van der Waals surface area contributed by atoms with E-state index in [0.29, 0.717) is 0 Å². The first-order valence-corrected chi connectivity index (χ1v) is 5.27. The van der Waals surface area contributed by atoms with Crippen molar-refractivity contribution in [1.29, 1.82) is 0 Å². The summed E-state index contributed by atoms with van der Waals surface area (Å²) in [5, 5.41) is 13.3. The zero-order valence-corrected chi connectivity index (χ0v) is 9.01. The molecule has 0 atom stereocenters. The van der Waals surface area contributed by atoms with E-state index in [-0.39, 0.29) is 0 Å². The molecule has 2 aromatic rings. The molecule has 0 unspecified atom stereocenters. The van der Waals surface area contributed by atoms with Gasteiger partial charge in [-0.05, 0) is 18.4 Å². The fourth-order valence-electron chi connectivity index (χ4n) is 1.14. The molecule has 0 radical (unpaired) electrons. The molecule has 0 bridgehead atoms. The molecule has 1 N–H and O–H groups in total. The average molecular weight is 208 g/mol. The van der Waals surface area contributed by atoms with E-state index < -0.39 is 0 Å². The van der Waals surface area contributed by atoms with Gasteiger partial charge in [-0.2, -0.15) is 0 Å². The van der Waals surface area contributed by atoms with Gasteiger partial charge in [0.05, 0.1) is 6.54 Å². The molecule has 0 aliphatic heterocycles. The summed E-state index contributed by atoms with van der Waals surface area (Å²) in [4.78, 5) is 1.30. The van der Waals surface area contributed by atoms with E-state index in [0.717, 1.165) is 18.3 Å². The van der Waals surface area contributed by atoms with Crippen LogP contribution in [-0.2, 0) is 13.6 Å². The Hall–Kier alpha value is -1.36. The van der Waals surface area contributed by atoms with Gasteiger partial charge in [-0.25, -0.2) is 0 Å². The van der Waals surface area contributed by atoms with E-state index in [2.05, 4.69) is 27.0 Å². The Labute approximate surface area is 86.6 Å². The van der Waals surface area contributed by atoms with Gasteiger partial charge in [0.2, 0.25) is 5.95 Å². The third kappa shape index (κ3) is 1.77. The second-order valence-electron chi connectivity index (χ2n) is 3.06. The van der Waals surface area contributed by atoms with Crippen LogP contribution in [0.3, 0.4) is 0 Å². The van der Waals surface area contributed by atoms with E-state index in [4.69, 9.17) is 0 Å². The first-order valence-electron chi connectivity index (χ1n) is 4.39. The summed E-state index contributed by atoms with van der Waals surface area (Å²) in [6.45, 7) is 2.74. The van der Waals surface area contributed by atoms with Crippen molar-refractivity contribution < 1.29 is 0 Å². The van der Waals surface area contributed by atoms with Crippen LogP contribution in [0.2, 0.25) is 0 Å². The fourth-order valence-corrected chi connectivity index (χ4v) is 1.78. The lowest BCUT2D eigenvalue weighted by molar-refractivity contribution is 0.855. The van der Waals surface area contributed by atoms with Crippen molar-refractivity contribution in [3.63, 3.8) is 0 Å². The van der Waals surface area contributed by atoms with Crippen molar-refractivity contribution in [2.45, 2.75) is 13.5 Å². The number of hydrogen-bond acceptors (Lipinski definition) is 4. The van der Waals surface area contributed by atoms with Crippen LogP contribution in [0.15, 0.2) is 17.5 Å². The summed E-state index contributed by atoms with van der Waals surface area (Å²) in [5.74, 6) is 1.73. The van der Waals surface area contributed by atoms with E-state index >= 15 is 0 Å². The van der Waals surface area contributed by atoms with Crippen molar-refractivity contribution in [3.05, 3.63) is 28.2 Å². The molecule has 0 fully saturated rings. The number of aryl methyl sites for hydroxylation is 1. The molecule has 0 amide bonds. The predicted octanol–water partition coefficient (Wildman–Crippen LogP) is 1.80. The summed E-state index contributed by atoms with van der Waals surface area (Å²) < 4.78 is 1.94. The zero-order chi connectivity index (χ0) is 9.97. The summed E-state index contributed by atoms with van der Waals surface area (Å²) >= 11 is 1.73. The van der Waals surface area contributed by atoms with Crippen molar-refractivity contribution in [1.82, 2.24) is 14.8 Å². The number of anilines is 1. The number of hydrogen-bond donors (Lipinski definition) is 1. The average Bonchev–Trinajstić information content (AvgIpc) is 2.77. The molecule has 0 aromatic carbocycles. The minimum absolute atomic E-state index is 0.809. The lowest BCUT2D eigenvalue weighted by Crippen LogP contribution is -2.04. The number of nitrogens with zero attached hydrogens (tertiary/aromatic N) is 3. The van der Waals surface area contributed by atoms with Crippen LogP contribution in [0.4, 0.5) is 5.95 Å². The molecule has 2 rings (SSSR count). The molecule has 0 spiro atoms. The molecule has 5 heteroatoms. The summed E-state index contributed by atoms with van der Waals surface area (Å²) in [6.07, 6.45) is 0. The van der Waals surface area contributed by atoms with Gasteiger partial charge in [0.1, 0.15) is 5.82 Å². The molecule has 2 aromatic heterocycles. The molecule has 0 aliphatic rings. The largest absolute Gasteiger partial charge is 0.349 e. The van der Waals surface area contributed by atoms with E-state index in [1.54, 1.807) is 11.3 Å². The monoisotopic (exact) mass is 208 g/mol. The Kier molecular flexibility index (Phi) is 2.49. The van der Waals surface area contributed by atoms with Gasteiger partial charge in [0, 0.05) is 11.9 Å². The maximum Gasteiger partial charge on any atom is 0.224 e. The Bertz CT molecular complexity index is 404. The van der Waals surface area contributed by atoms with Crippen molar-refractivity contribution in [2.24, 2.45) is 7.05 Å². The van der Waals surface area contributed by atoms with Crippen LogP contribution in [0.25, 0.3) is 0 Å². The Morgan fingerprint density at radius 3 is 2.93 bits per heavy atom. The molecule has 74 valence electrons. The maximum absolute atomic E-state index is 4.02. The van der Waals surface area contributed by atoms with E-state index in [1.807, 2.05) is 24.6 Å². The van der Waals surface area contributed by atoms with Crippen LogP contribution in [0.5, 0.6) is 0 Å². The predicted molar refractivity (Wildman–Crippen MR) is 57.4 cm³/mol. The quantitative estimate of drug-likeness (QED) is 0.836. The van der Waals surface area contributed by atoms with Crippen molar-refractivity contribution in [3.8, 4) is 0 Å². The molecule has 0 saturated carbocycles. The highest BCUT2D eigenvalue weighted by molar-refractivity contribution is 7.09. The van der Waals surface area contributed by atoms with E-state index in [1.165, 1.54) is 4.88 Å². The fraction of sp³-hybridized carbons (Fsp3) is 0.333. The van der Waals surface area contributed by atoms with Gasteiger partial charge in [0.25, 0.3) is 0 Å². The molecule has 0 saturated heterocycles. The van der Waals surface area contributed by atoms with Crippen LogP contribution < -0.4 is 5.32 Å². The smallest absolute Gasteiger partial charge is 0.224 e. The molecular weight excluding hydrogens is 196 g/mol. The van der Waals surface area contributed by atoms with Crippen LogP contribution in [0, 0.1) is 6.92 Å².